The van der Waals surface area contributed by atoms with Gasteiger partial charge in [-0.25, -0.2) is 17.2 Å². The summed E-state index contributed by atoms with van der Waals surface area (Å²) in [6.07, 6.45) is -5.84. The standard InChI is InChI=1S/C25H20F5NO5S/c1-14(24(32)33)9-18-13-31(37(34,35)19-4-2-3-16(11-19)25(28,29)30)22-10-15(5-8-23(22)36-18)20-12-17(26)6-7-21(20)27/h2-8,10-12,14,18H,9,13H2,1H3,(H,32,33)/t14-,18-/m0/s1. The summed E-state index contributed by atoms with van der Waals surface area (Å²) < 4.78 is 102. The highest BCUT2D eigenvalue weighted by Gasteiger charge is 2.38. The highest BCUT2D eigenvalue weighted by atomic mass is 32.2. The molecule has 2 atom stereocenters. The van der Waals surface area contributed by atoms with Crippen molar-refractivity contribution in [1.29, 1.82) is 0 Å². The highest BCUT2D eigenvalue weighted by Crippen LogP contribution is 2.42. The van der Waals surface area contributed by atoms with Crippen LogP contribution in [0, 0.1) is 17.6 Å². The zero-order valence-electron chi connectivity index (χ0n) is 19.2. The van der Waals surface area contributed by atoms with Gasteiger partial charge < -0.3 is 9.84 Å². The molecule has 0 radical (unpaired) electrons. The minimum Gasteiger partial charge on any atom is -0.486 e. The van der Waals surface area contributed by atoms with Crippen molar-refractivity contribution in [3.8, 4) is 16.9 Å². The van der Waals surface area contributed by atoms with Gasteiger partial charge in [-0.05, 0) is 60.5 Å². The summed E-state index contributed by atoms with van der Waals surface area (Å²) in [4.78, 5) is 10.7. The Morgan fingerprint density at radius 3 is 2.51 bits per heavy atom. The highest BCUT2D eigenvalue weighted by molar-refractivity contribution is 7.92. The van der Waals surface area contributed by atoms with Gasteiger partial charge in [0.25, 0.3) is 10.0 Å². The van der Waals surface area contributed by atoms with Crippen LogP contribution in [0.5, 0.6) is 5.75 Å². The molecule has 3 aromatic carbocycles. The van der Waals surface area contributed by atoms with Crippen molar-refractivity contribution in [2.45, 2.75) is 30.5 Å². The molecule has 0 saturated carbocycles. The molecule has 4 rings (SSSR count). The third-order valence-electron chi connectivity index (χ3n) is 5.92. The van der Waals surface area contributed by atoms with E-state index < -0.39 is 62.8 Å². The summed E-state index contributed by atoms with van der Waals surface area (Å²) in [5.41, 5.74) is -1.35. The van der Waals surface area contributed by atoms with E-state index in [2.05, 4.69) is 0 Å². The molecular formula is C25H20F5NO5S. The van der Waals surface area contributed by atoms with Crippen molar-refractivity contribution in [2.24, 2.45) is 5.92 Å². The number of anilines is 1. The normalized spacial score (nSPS) is 16.6. The molecule has 0 aliphatic carbocycles. The van der Waals surface area contributed by atoms with Crippen molar-refractivity contribution >= 4 is 21.7 Å². The molecule has 196 valence electrons. The third kappa shape index (κ3) is 5.38. The van der Waals surface area contributed by atoms with Crippen LogP contribution in [-0.4, -0.2) is 32.1 Å². The fourth-order valence-electron chi connectivity index (χ4n) is 4.00. The van der Waals surface area contributed by atoms with Crippen LogP contribution in [0.1, 0.15) is 18.9 Å². The first kappa shape index (κ1) is 26.4. The monoisotopic (exact) mass is 541 g/mol. The third-order valence-corrected chi connectivity index (χ3v) is 7.69. The molecular weight excluding hydrogens is 521 g/mol. The number of rotatable bonds is 6. The number of fused-ring (bicyclic) bond motifs is 1. The molecule has 6 nitrogen and oxygen atoms in total. The predicted molar refractivity (Wildman–Crippen MR) is 124 cm³/mol. The van der Waals surface area contributed by atoms with E-state index in [0.29, 0.717) is 6.07 Å². The number of nitrogens with zero attached hydrogens (tertiary/aromatic N) is 1. The number of aliphatic carboxylic acids is 1. The summed E-state index contributed by atoms with van der Waals surface area (Å²) in [5.74, 6) is -3.58. The first-order valence-electron chi connectivity index (χ1n) is 11.0. The lowest BCUT2D eigenvalue weighted by Crippen LogP contribution is -2.44. The van der Waals surface area contributed by atoms with Crippen LogP contribution in [0.3, 0.4) is 0 Å². The number of benzene rings is 3. The summed E-state index contributed by atoms with van der Waals surface area (Å²) in [6.45, 7) is 0.987. The van der Waals surface area contributed by atoms with Gasteiger partial charge in [0.2, 0.25) is 0 Å². The maximum absolute atomic E-state index is 14.4. The molecule has 1 aliphatic heterocycles. The number of hydrogen-bond acceptors (Lipinski definition) is 4. The molecule has 0 amide bonds. The van der Waals surface area contributed by atoms with Gasteiger partial charge in [-0.15, -0.1) is 0 Å². The van der Waals surface area contributed by atoms with Gasteiger partial charge in [-0.3, -0.25) is 9.10 Å². The van der Waals surface area contributed by atoms with E-state index >= 15 is 0 Å². The largest absolute Gasteiger partial charge is 0.486 e. The average Bonchev–Trinajstić information content (AvgIpc) is 2.84. The fourth-order valence-corrected chi connectivity index (χ4v) is 5.55. The van der Waals surface area contributed by atoms with Gasteiger partial charge in [0.05, 0.1) is 28.6 Å². The number of ether oxygens (including phenoxy) is 1. The lowest BCUT2D eigenvalue weighted by molar-refractivity contribution is -0.142. The Hall–Kier alpha value is -3.67. The molecule has 1 aliphatic rings. The van der Waals surface area contributed by atoms with E-state index in [1.807, 2.05) is 0 Å². The van der Waals surface area contributed by atoms with E-state index in [9.17, 15) is 40.3 Å². The summed E-state index contributed by atoms with van der Waals surface area (Å²) >= 11 is 0. The number of carboxylic acid groups (broad SMARTS) is 1. The summed E-state index contributed by atoms with van der Waals surface area (Å²) in [6, 6.07) is 9.85. The van der Waals surface area contributed by atoms with Crippen molar-refractivity contribution in [3.63, 3.8) is 0 Å². The zero-order chi connectivity index (χ0) is 27.1. The van der Waals surface area contributed by atoms with E-state index in [0.717, 1.165) is 40.7 Å². The number of sulfonamides is 1. The molecule has 0 spiro atoms. The molecule has 0 saturated heterocycles. The first-order chi connectivity index (χ1) is 17.3. The van der Waals surface area contributed by atoms with Gasteiger partial charge >= 0.3 is 12.1 Å². The molecule has 0 unspecified atom stereocenters. The number of alkyl halides is 3. The maximum Gasteiger partial charge on any atom is 0.416 e. The SMILES string of the molecule is C[C@@H](C[C@H]1CN(S(=O)(=O)c2cccc(C(F)(F)F)c2)c2cc(-c3cc(F)ccc3F)ccc2O1)C(=O)O. The van der Waals surface area contributed by atoms with Crippen LogP contribution in [-0.2, 0) is 21.0 Å². The molecule has 3 aromatic rings. The van der Waals surface area contributed by atoms with Gasteiger partial charge in [0.15, 0.2) is 0 Å². The Balaban J connectivity index is 1.84. The second-order valence-electron chi connectivity index (χ2n) is 8.58. The number of hydrogen-bond donors (Lipinski definition) is 1. The molecule has 1 N–H and O–H groups in total. The van der Waals surface area contributed by atoms with Gasteiger partial charge in [0, 0.05) is 5.56 Å². The Morgan fingerprint density at radius 1 is 1.11 bits per heavy atom. The fraction of sp³-hybridized carbons (Fsp3) is 0.240. The van der Waals surface area contributed by atoms with Crippen molar-refractivity contribution < 1.29 is 45.0 Å². The number of halogens is 5. The quantitative estimate of drug-likeness (QED) is 0.404. The van der Waals surface area contributed by atoms with Crippen molar-refractivity contribution in [2.75, 3.05) is 10.8 Å². The molecule has 0 bridgehead atoms. The van der Waals surface area contributed by atoms with E-state index in [-0.39, 0.29) is 29.0 Å². The van der Waals surface area contributed by atoms with Crippen molar-refractivity contribution in [3.05, 3.63) is 77.9 Å². The van der Waals surface area contributed by atoms with Crippen LogP contribution in [0.2, 0.25) is 0 Å². The minimum absolute atomic E-state index is 0.00930. The maximum atomic E-state index is 14.4. The van der Waals surface area contributed by atoms with Crippen molar-refractivity contribution in [1.82, 2.24) is 0 Å². The summed E-state index contributed by atoms with van der Waals surface area (Å²) in [7, 11) is -4.63. The lowest BCUT2D eigenvalue weighted by Gasteiger charge is -2.36. The van der Waals surface area contributed by atoms with Crippen LogP contribution in [0.4, 0.5) is 27.6 Å². The van der Waals surface area contributed by atoms with E-state index in [1.165, 1.54) is 25.1 Å². The Labute approximate surface area is 209 Å². The number of carbonyl (C=O) groups is 1. The first-order valence-corrected chi connectivity index (χ1v) is 12.4. The molecule has 1 heterocycles. The lowest BCUT2D eigenvalue weighted by atomic mass is 10.0. The second kappa shape index (κ2) is 9.66. The molecule has 12 heteroatoms. The number of carboxylic acids is 1. The average molecular weight is 541 g/mol. The second-order valence-corrected chi connectivity index (χ2v) is 10.4. The Bertz CT molecular complexity index is 1460. The van der Waals surface area contributed by atoms with Gasteiger partial charge in [-0.1, -0.05) is 19.1 Å². The Morgan fingerprint density at radius 2 is 1.84 bits per heavy atom. The predicted octanol–water partition coefficient (Wildman–Crippen LogP) is 5.72. The van der Waals surface area contributed by atoms with Crippen LogP contribution in [0.15, 0.2) is 65.6 Å². The molecule has 0 aromatic heterocycles. The van der Waals surface area contributed by atoms with Gasteiger partial charge in [-0.2, -0.15) is 13.2 Å². The smallest absolute Gasteiger partial charge is 0.416 e. The molecule has 37 heavy (non-hydrogen) atoms. The van der Waals surface area contributed by atoms with Crippen LogP contribution >= 0.6 is 0 Å². The van der Waals surface area contributed by atoms with E-state index in [1.54, 1.807) is 0 Å². The van der Waals surface area contributed by atoms with Gasteiger partial charge in [0.1, 0.15) is 23.5 Å². The summed E-state index contributed by atoms with van der Waals surface area (Å²) in [5, 5.41) is 9.27. The zero-order valence-corrected chi connectivity index (χ0v) is 20.0. The topological polar surface area (TPSA) is 83.9 Å². The Kier molecular flexibility index (Phi) is 6.89. The van der Waals surface area contributed by atoms with E-state index in [4.69, 9.17) is 4.74 Å². The minimum atomic E-state index is -4.80. The van der Waals surface area contributed by atoms with Crippen LogP contribution in [0.25, 0.3) is 11.1 Å². The molecule has 0 fully saturated rings. The van der Waals surface area contributed by atoms with Crippen LogP contribution < -0.4 is 9.04 Å².